The smallest absolute Gasteiger partial charge is 0.429 e. The van der Waals surface area contributed by atoms with E-state index in [0.717, 1.165) is 11.3 Å². The number of hydrogen-bond acceptors (Lipinski definition) is 7. The van der Waals surface area contributed by atoms with E-state index in [9.17, 15) is 23.1 Å². The van der Waals surface area contributed by atoms with Crippen LogP contribution in [0.4, 0.5) is 10.5 Å². The lowest BCUT2D eigenvalue weighted by Gasteiger charge is -2.27. The zero-order valence-corrected chi connectivity index (χ0v) is 19.3. The molecule has 0 aliphatic rings. The van der Waals surface area contributed by atoms with Crippen LogP contribution < -0.4 is 4.31 Å². The first-order chi connectivity index (χ1) is 13.4. The number of benzene rings is 1. The molecule has 0 saturated heterocycles. The van der Waals surface area contributed by atoms with Gasteiger partial charge in [-0.1, -0.05) is 6.07 Å². The van der Waals surface area contributed by atoms with Gasteiger partial charge in [-0.3, -0.25) is 5.10 Å². The number of carboxylic acid groups (broad SMARTS) is 1. The van der Waals surface area contributed by atoms with E-state index in [4.69, 9.17) is 4.74 Å². The number of aromatic nitrogens is 2. The van der Waals surface area contributed by atoms with E-state index in [1.54, 1.807) is 26.2 Å². The zero-order valence-electron chi connectivity index (χ0n) is 15.5. The minimum atomic E-state index is -4.42. The van der Waals surface area contributed by atoms with Gasteiger partial charge < -0.3 is 9.84 Å². The number of H-pyrrole nitrogens is 1. The molecule has 0 atom stereocenters. The molecule has 0 fully saturated rings. The third kappa shape index (κ3) is 4.09. The topological polar surface area (TPSA) is 130 Å². The van der Waals surface area contributed by atoms with Gasteiger partial charge in [0.05, 0.1) is 16.8 Å². The van der Waals surface area contributed by atoms with E-state index >= 15 is 0 Å². The van der Waals surface area contributed by atoms with E-state index in [1.807, 2.05) is 22.6 Å². The van der Waals surface area contributed by atoms with E-state index in [0.29, 0.717) is 13.5 Å². The van der Waals surface area contributed by atoms with E-state index in [-0.39, 0.29) is 20.8 Å². The molecule has 12 heteroatoms. The Morgan fingerprint density at radius 3 is 2.52 bits per heavy atom. The van der Waals surface area contributed by atoms with Gasteiger partial charge in [-0.15, -0.1) is 11.3 Å². The molecule has 29 heavy (non-hydrogen) atoms. The van der Waals surface area contributed by atoms with Crippen molar-refractivity contribution < 1.29 is 27.9 Å². The molecule has 0 radical (unpaired) electrons. The van der Waals surface area contributed by atoms with Gasteiger partial charge in [0.2, 0.25) is 0 Å². The number of halogens is 1. The van der Waals surface area contributed by atoms with Gasteiger partial charge in [0, 0.05) is 5.39 Å². The fourth-order valence-corrected chi connectivity index (χ4v) is 5.64. The quantitative estimate of drug-likeness (QED) is 0.470. The summed E-state index contributed by atoms with van der Waals surface area (Å²) in [6, 6.07) is 5.53. The number of carboxylic acids is 1. The highest BCUT2D eigenvalue weighted by molar-refractivity contribution is 14.1. The number of hydrogen-bond donors (Lipinski definition) is 2. The Labute approximate surface area is 183 Å². The van der Waals surface area contributed by atoms with Crippen molar-refractivity contribution in [2.24, 2.45) is 0 Å². The number of ether oxygens (including phenoxy) is 1. The van der Waals surface area contributed by atoms with Gasteiger partial charge in [0.25, 0.3) is 10.0 Å². The molecule has 0 spiro atoms. The lowest BCUT2D eigenvalue weighted by Crippen LogP contribution is -2.41. The summed E-state index contributed by atoms with van der Waals surface area (Å²) in [5.41, 5.74) is -1.37. The van der Waals surface area contributed by atoms with Gasteiger partial charge in [-0.25, -0.2) is 9.59 Å². The average Bonchev–Trinajstić information content (AvgIpc) is 3.23. The van der Waals surface area contributed by atoms with Gasteiger partial charge in [-0.05, 0) is 66.9 Å². The van der Waals surface area contributed by atoms with Crippen LogP contribution in [0.25, 0.3) is 10.9 Å². The Hall–Kier alpha value is -2.19. The normalized spacial score (nSPS) is 12.1. The third-order valence-electron chi connectivity index (χ3n) is 3.64. The summed E-state index contributed by atoms with van der Waals surface area (Å²) < 4.78 is 32.5. The third-order valence-corrected chi connectivity index (χ3v) is 7.47. The summed E-state index contributed by atoms with van der Waals surface area (Å²) >= 11 is 2.77. The molecule has 3 rings (SSSR count). The van der Waals surface area contributed by atoms with Crippen molar-refractivity contribution >= 4 is 72.6 Å². The number of thiophene rings is 1. The molecule has 0 bridgehead atoms. The first-order valence-corrected chi connectivity index (χ1v) is 11.5. The molecule has 3 aromatic rings. The molecule has 2 heterocycles. The molecule has 1 aromatic carbocycles. The summed E-state index contributed by atoms with van der Waals surface area (Å²) in [5.74, 6) is -1.40. The van der Waals surface area contributed by atoms with Crippen LogP contribution in [0.3, 0.4) is 0 Å². The molecular weight excluding hydrogens is 533 g/mol. The number of carbonyl (C=O) groups is 2. The van der Waals surface area contributed by atoms with Crippen molar-refractivity contribution in [3.63, 3.8) is 0 Å². The van der Waals surface area contributed by atoms with Crippen molar-refractivity contribution in [1.82, 2.24) is 10.2 Å². The summed E-state index contributed by atoms with van der Waals surface area (Å²) in [6.45, 7) is 4.75. The maximum absolute atomic E-state index is 13.3. The van der Waals surface area contributed by atoms with E-state index < -0.39 is 27.7 Å². The second-order valence-corrected chi connectivity index (χ2v) is 10.9. The highest BCUT2D eigenvalue weighted by atomic mass is 127. The number of nitrogens with zero attached hydrogens (tertiary/aromatic N) is 2. The number of amides is 1. The average molecular weight is 549 g/mol. The maximum Gasteiger partial charge on any atom is 0.429 e. The molecule has 2 aromatic heterocycles. The fourth-order valence-electron chi connectivity index (χ4n) is 2.58. The Morgan fingerprint density at radius 1 is 1.28 bits per heavy atom. The van der Waals surface area contributed by atoms with Crippen LogP contribution in [-0.4, -0.2) is 41.4 Å². The molecule has 1 amide bonds. The number of anilines is 1. The van der Waals surface area contributed by atoms with E-state index in [1.165, 1.54) is 24.3 Å². The monoisotopic (exact) mass is 549 g/mol. The highest BCUT2D eigenvalue weighted by Gasteiger charge is 2.38. The predicted octanol–water partition coefficient (Wildman–Crippen LogP) is 4.06. The number of fused-ring (bicyclic) bond motifs is 1. The Balaban J connectivity index is 2.33. The van der Waals surface area contributed by atoms with Crippen LogP contribution in [0.2, 0.25) is 0 Å². The molecular formula is C17H16IN3O6S2. The number of nitrogens with one attached hydrogen (secondary N) is 1. The van der Waals surface area contributed by atoms with Crippen LogP contribution in [0.1, 0.15) is 31.1 Å². The van der Waals surface area contributed by atoms with Crippen molar-refractivity contribution in [2.75, 3.05) is 4.31 Å². The van der Waals surface area contributed by atoms with Gasteiger partial charge in [0.15, 0.2) is 0 Å². The minimum absolute atomic E-state index is 0.123. The number of sulfonamides is 1. The second-order valence-electron chi connectivity index (χ2n) is 6.88. The summed E-state index contributed by atoms with van der Waals surface area (Å²) in [5, 5.41) is 18.3. The van der Waals surface area contributed by atoms with Crippen LogP contribution in [-0.2, 0) is 14.8 Å². The number of aromatic amines is 1. The maximum atomic E-state index is 13.3. The largest absolute Gasteiger partial charge is 0.478 e. The SMILES string of the molecule is CC(C)(C)OC(=O)N(c1ccc2n[nH]c(I)c2c1C(=O)O)S(=O)(=O)c1cccs1. The van der Waals surface area contributed by atoms with Crippen LogP contribution >= 0.6 is 33.9 Å². The van der Waals surface area contributed by atoms with Gasteiger partial charge >= 0.3 is 12.1 Å². The molecule has 154 valence electrons. The van der Waals surface area contributed by atoms with Crippen molar-refractivity contribution in [3.8, 4) is 0 Å². The zero-order chi connectivity index (χ0) is 21.6. The van der Waals surface area contributed by atoms with Crippen molar-refractivity contribution in [2.45, 2.75) is 30.6 Å². The summed E-state index contributed by atoms with van der Waals surface area (Å²) in [4.78, 5) is 25.0. The van der Waals surface area contributed by atoms with Crippen molar-refractivity contribution in [1.29, 1.82) is 0 Å². The molecule has 0 saturated carbocycles. The van der Waals surface area contributed by atoms with E-state index in [2.05, 4.69) is 10.2 Å². The summed E-state index contributed by atoms with van der Waals surface area (Å²) in [7, 11) is -4.42. The molecule has 0 aliphatic carbocycles. The molecule has 9 nitrogen and oxygen atoms in total. The lowest BCUT2D eigenvalue weighted by atomic mass is 10.1. The Kier molecular flexibility index (Phi) is 5.62. The second kappa shape index (κ2) is 7.57. The first-order valence-electron chi connectivity index (χ1n) is 8.15. The van der Waals surface area contributed by atoms with Gasteiger partial charge in [0.1, 0.15) is 13.5 Å². The van der Waals surface area contributed by atoms with Crippen LogP contribution in [0.5, 0.6) is 0 Å². The first kappa shape index (κ1) is 21.5. The molecule has 0 unspecified atom stereocenters. The van der Waals surface area contributed by atoms with Crippen molar-refractivity contribution in [3.05, 3.63) is 38.9 Å². The number of aromatic carboxylic acids is 1. The minimum Gasteiger partial charge on any atom is -0.478 e. The number of rotatable bonds is 4. The summed E-state index contributed by atoms with van der Waals surface area (Å²) in [6.07, 6.45) is -1.20. The standard InChI is InChI=1S/C17H16IN3O6S2/c1-17(2,3)27-16(24)21(29(25,26)11-5-4-8-28-11)10-7-6-9-12(13(10)15(22)23)14(18)20-19-9/h4-8H,1-3H3,(H,19,20)(H,22,23). The lowest BCUT2D eigenvalue weighted by molar-refractivity contribution is 0.0609. The predicted molar refractivity (Wildman–Crippen MR) is 116 cm³/mol. The Morgan fingerprint density at radius 2 is 1.97 bits per heavy atom. The highest BCUT2D eigenvalue weighted by Crippen LogP contribution is 2.35. The number of carbonyl (C=O) groups excluding carboxylic acids is 1. The van der Waals surface area contributed by atoms with Crippen LogP contribution in [0, 0.1) is 3.70 Å². The molecule has 0 aliphatic heterocycles. The molecule has 2 N–H and O–H groups in total. The Bertz CT molecular complexity index is 1200. The van der Waals surface area contributed by atoms with Gasteiger partial charge in [-0.2, -0.15) is 17.8 Å². The van der Waals surface area contributed by atoms with Crippen LogP contribution in [0.15, 0.2) is 33.9 Å². The fraction of sp³-hybridized carbons (Fsp3) is 0.235.